The van der Waals surface area contributed by atoms with E-state index in [4.69, 9.17) is 4.74 Å². The average molecular weight is 353 g/mol. The van der Waals surface area contributed by atoms with E-state index in [0.717, 1.165) is 19.3 Å². The van der Waals surface area contributed by atoms with Gasteiger partial charge in [-0.2, -0.15) is 0 Å². The highest BCUT2D eigenvalue weighted by Gasteiger charge is 2.34. The molecule has 1 saturated heterocycles. The van der Waals surface area contributed by atoms with Crippen LogP contribution in [0.4, 0.5) is 0 Å². The lowest BCUT2D eigenvalue weighted by Gasteiger charge is -2.28. The van der Waals surface area contributed by atoms with Gasteiger partial charge in [-0.3, -0.25) is 4.79 Å². The van der Waals surface area contributed by atoms with Gasteiger partial charge in [0.1, 0.15) is 5.75 Å². The second kappa shape index (κ2) is 8.51. The zero-order valence-corrected chi connectivity index (χ0v) is 15.3. The second-order valence-electron chi connectivity index (χ2n) is 6.28. The molecule has 0 spiro atoms. The molecule has 0 aliphatic carbocycles. The van der Waals surface area contributed by atoms with Crippen LogP contribution in [0.2, 0.25) is 0 Å². The van der Waals surface area contributed by atoms with Gasteiger partial charge in [0.2, 0.25) is 0 Å². The van der Waals surface area contributed by atoms with Gasteiger partial charge < -0.3 is 9.64 Å². The van der Waals surface area contributed by atoms with E-state index in [2.05, 4.69) is 13.8 Å². The van der Waals surface area contributed by atoms with E-state index in [9.17, 15) is 13.2 Å². The van der Waals surface area contributed by atoms with Gasteiger partial charge in [-0.1, -0.05) is 32.4 Å². The van der Waals surface area contributed by atoms with Gasteiger partial charge in [0, 0.05) is 12.6 Å². The van der Waals surface area contributed by atoms with Gasteiger partial charge in [0.25, 0.3) is 5.91 Å². The van der Waals surface area contributed by atoms with Crippen LogP contribution in [0.3, 0.4) is 0 Å². The summed E-state index contributed by atoms with van der Waals surface area (Å²) in [6.45, 7) is 4.68. The molecule has 1 aromatic carbocycles. The molecule has 1 aromatic rings. The third-order valence-electron chi connectivity index (χ3n) is 4.42. The van der Waals surface area contributed by atoms with Crippen LogP contribution in [0.5, 0.6) is 5.75 Å². The van der Waals surface area contributed by atoms with Crippen molar-refractivity contribution in [2.75, 3.05) is 24.7 Å². The van der Waals surface area contributed by atoms with Crippen LogP contribution in [0.25, 0.3) is 0 Å². The van der Waals surface area contributed by atoms with Crippen LogP contribution in [0, 0.1) is 0 Å². The number of carbonyl (C=O) groups excluding carboxylic acids is 1. The van der Waals surface area contributed by atoms with Crippen LogP contribution >= 0.6 is 0 Å². The molecule has 6 heteroatoms. The lowest BCUT2D eigenvalue weighted by atomic mass is 10.2. The number of aryl methyl sites for hydroxylation is 1. The summed E-state index contributed by atoms with van der Waals surface area (Å²) < 4.78 is 29.0. The lowest BCUT2D eigenvalue weighted by molar-refractivity contribution is -0.135. The molecule has 2 rings (SSSR count). The van der Waals surface area contributed by atoms with Crippen LogP contribution in [-0.2, 0) is 21.1 Å². The van der Waals surface area contributed by atoms with E-state index in [-0.39, 0.29) is 30.1 Å². The molecule has 5 nitrogen and oxygen atoms in total. The molecule has 0 N–H and O–H groups in total. The van der Waals surface area contributed by atoms with E-state index in [1.165, 1.54) is 5.56 Å². The summed E-state index contributed by atoms with van der Waals surface area (Å²) in [6, 6.07) is 7.49. The predicted molar refractivity (Wildman–Crippen MR) is 95.0 cm³/mol. The van der Waals surface area contributed by atoms with Crippen LogP contribution in [-0.4, -0.2) is 49.9 Å². The number of ether oxygens (including phenoxy) is 1. The number of unbranched alkanes of at least 4 members (excludes halogenated alkanes) is 1. The second-order valence-corrected chi connectivity index (χ2v) is 8.51. The first-order valence-corrected chi connectivity index (χ1v) is 10.5. The molecular weight excluding hydrogens is 326 g/mol. The van der Waals surface area contributed by atoms with Gasteiger partial charge in [0.15, 0.2) is 16.4 Å². The SMILES string of the molecule is CCCCN(C(=O)COc1ccc(CC)cc1)C1CCS(=O)(=O)C1. The van der Waals surface area contributed by atoms with Gasteiger partial charge in [-0.05, 0) is 37.0 Å². The summed E-state index contributed by atoms with van der Waals surface area (Å²) in [4.78, 5) is 14.3. The Kier molecular flexibility index (Phi) is 6.66. The number of nitrogens with zero attached hydrogens (tertiary/aromatic N) is 1. The standard InChI is InChI=1S/C18H27NO4S/c1-3-5-11-19(16-10-12-24(21,22)14-16)18(20)13-23-17-8-6-15(4-2)7-9-17/h6-9,16H,3-5,10-14H2,1-2H3. The first-order valence-electron chi connectivity index (χ1n) is 8.66. The fraction of sp³-hybridized carbons (Fsp3) is 0.611. The summed E-state index contributed by atoms with van der Waals surface area (Å²) in [5, 5.41) is 0. The molecule has 1 amide bonds. The highest BCUT2D eigenvalue weighted by molar-refractivity contribution is 7.91. The molecule has 1 aliphatic rings. The summed E-state index contributed by atoms with van der Waals surface area (Å²) in [7, 11) is -3.01. The molecule has 1 heterocycles. The van der Waals surface area contributed by atoms with Crippen molar-refractivity contribution in [3.05, 3.63) is 29.8 Å². The van der Waals surface area contributed by atoms with Gasteiger partial charge in [-0.25, -0.2) is 8.42 Å². The maximum absolute atomic E-state index is 12.5. The molecule has 0 saturated carbocycles. The highest BCUT2D eigenvalue weighted by Crippen LogP contribution is 2.19. The Labute approximate surface area is 144 Å². The summed E-state index contributed by atoms with van der Waals surface area (Å²) in [5.74, 6) is 0.778. The third-order valence-corrected chi connectivity index (χ3v) is 6.17. The molecule has 1 fully saturated rings. The molecule has 1 atom stereocenters. The van der Waals surface area contributed by atoms with Crippen molar-refractivity contribution in [1.82, 2.24) is 4.90 Å². The monoisotopic (exact) mass is 353 g/mol. The largest absolute Gasteiger partial charge is 0.484 e. The van der Waals surface area contributed by atoms with E-state index >= 15 is 0 Å². The van der Waals surface area contributed by atoms with Crippen LogP contribution in [0.15, 0.2) is 24.3 Å². The van der Waals surface area contributed by atoms with Crippen molar-refractivity contribution in [2.45, 2.75) is 45.6 Å². The number of benzene rings is 1. The number of hydrogen-bond donors (Lipinski definition) is 0. The Morgan fingerprint density at radius 1 is 1.25 bits per heavy atom. The van der Waals surface area contributed by atoms with Crippen LogP contribution in [0.1, 0.15) is 38.7 Å². The maximum atomic E-state index is 12.5. The number of amides is 1. The summed E-state index contributed by atoms with van der Waals surface area (Å²) in [5.41, 5.74) is 1.22. The molecule has 1 aliphatic heterocycles. The fourth-order valence-corrected chi connectivity index (χ4v) is 4.64. The van der Waals surface area contributed by atoms with E-state index in [1.54, 1.807) is 4.90 Å². The maximum Gasteiger partial charge on any atom is 0.260 e. The fourth-order valence-electron chi connectivity index (χ4n) is 2.91. The van der Waals surface area contributed by atoms with Gasteiger partial charge in [-0.15, -0.1) is 0 Å². The molecule has 24 heavy (non-hydrogen) atoms. The zero-order chi connectivity index (χ0) is 17.6. The van der Waals surface area contributed by atoms with Gasteiger partial charge >= 0.3 is 0 Å². The molecule has 0 radical (unpaired) electrons. The third kappa shape index (κ3) is 5.23. The summed E-state index contributed by atoms with van der Waals surface area (Å²) >= 11 is 0. The smallest absolute Gasteiger partial charge is 0.260 e. The number of sulfone groups is 1. The van der Waals surface area contributed by atoms with Gasteiger partial charge in [0.05, 0.1) is 11.5 Å². The Morgan fingerprint density at radius 3 is 2.50 bits per heavy atom. The van der Waals surface area contributed by atoms with Crippen LogP contribution < -0.4 is 4.74 Å². The molecular formula is C18H27NO4S. The Hall–Kier alpha value is -1.56. The Balaban J connectivity index is 1.96. The van der Waals surface area contributed by atoms with Crippen molar-refractivity contribution < 1.29 is 17.9 Å². The van der Waals surface area contributed by atoms with Crippen molar-refractivity contribution in [3.8, 4) is 5.75 Å². The molecule has 0 bridgehead atoms. The number of hydrogen-bond acceptors (Lipinski definition) is 4. The quantitative estimate of drug-likeness (QED) is 0.720. The topological polar surface area (TPSA) is 63.7 Å². The first kappa shape index (κ1) is 18.8. The average Bonchev–Trinajstić information content (AvgIpc) is 2.93. The van der Waals surface area contributed by atoms with Crippen molar-refractivity contribution in [3.63, 3.8) is 0 Å². The summed E-state index contributed by atoms with van der Waals surface area (Å²) in [6.07, 6.45) is 3.32. The minimum Gasteiger partial charge on any atom is -0.484 e. The van der Waals surface area contributed by atoms with E-state index in [1.807, 2.05) is 24.3 Å². The minimum absolute atomic E-state index is 0.0499. The molecule has 0 aromatic heterocycles. The highest BCUT2D eigenvalue weighted by atomic mass is 32.2. The first-order chi connectivity index (χ1) is 11.4. The normalized spacial score (nSPS) is 19.2. The van der Waals surface area contributed by atoms with E-state index in [0.29, 0.717) is 18.7 Å². The molecule has 134 valence electrons. The Morgan fingerprint density at radius 2 is 1.96 bits per heavy atom. The number of rotatable bonds is 8. The minimum atomic E-state index is -3.01. The number of carbonyl (C=O) groups is 1. The molecule has 1 unspecified atom stereocenters. The van der Waals surface area contributed by atoms with Crippen molar-refractivity contribution in [2.24, 2.45) is 0 Å². The predicted octanol–water partition coefficient (Wildman–Crippen LogP) is 2.44. The zero-order valence-electron chi connectivity index (χ0n) is 14.5. The Bertz CT molecular complexity index is 639. The lowest BCUT2D eigenvalue weighted by Crippen LogP contribution is -2.44. The van der Waals surface area contributed by atoms with E-state index < -0.39 is 9.84 Å². The van der Waals surface area contributed by atoms with Crippen molar-refractivity contribution in [1.29, 1.82) is 0 Å². The van der Waals surface area contributed by atoms with Crippen molar-refractivity contribution >= 4 is 15.7 Å².